The van der Waals surface area contributed by atoms with Gasteiger partial charge in [0.05, 0.1) is 13.2 Å². The predicted molar refractivity (Wildman–Crippen MR) is 85.1 cm³/mol. The number of ether oxygens (including phenoxy) is 1. The van der Waals surface area contributed by atoms with Crippen molar-refractivity contribution in [3.63, 3.8) is 0 Å². The van der Waals surface area contributed by atoms with Gasteiger partial charge < -0.3 is 10.1 Å². The third-order valence-corrected chi connectivity index (χ3v) is 4.75. The number of hydrogen-bond acceptors (Lipinski definition) is 3. The molecule has 1 atom stereocenters. The molecule has 0 aromatic rings. The molecular formula is C17H32N2O. The van der Waals surface area contributed by atoms with Crippen LogP contribution in [0.1, 0.15) is 44.9 Å². The monoisotopic (exact) mass is 280 g/mol. The molecule has 2 fully saturated rings. The van der Waals surface area contributed by atoms with E-state index >= 15 is 0 Å². The van der Waals surface area contributed by atoms with E-state index in [1.807, 2.05) is 6.08 Å². The molecule has 1 N–H and O–H groups in total. The molecule has 0 aromatic carbocycles. The molecule has 1 saturated heterocycles. The highest BCUT2D eigenvalue weighted by Crippen LogP contribution is 2.27. The maximum atomic E-state index is 5.67. The second kappa shape index (κ2) is 9.54. The Labute approximate surface area is 124 Å². The van der Waals surface area contributed by atoms with Crippen LogP contribution in [0, 0.1) is 5.92 Å². The Morgan fingerprint density at radius 2 is 2.00 bits per heavy atom. The van der Waals surface area contributed by atoms with Gasteiger partial charge in [-0.15, -0.1) is 6.58 Å². The van der Waals surface area contributed by atoms with E-state index in [0.29, 0.717) is 6.04 Å². The van der Waals surface area contributed by atoms with Crippen molar-refractivity contribution >= 4 is 0 Å². The lowest BCUT2D eigenvalue weighted by Gasteiger charge is -2.32. The first-order chi connectivity index (χ1) is 9.90. The summed E-state index contributed by atoms with van der Waals surface area (Å²) >= 11 is 0. The fourth-order valence-electron chi connectivity index (χ4n) is 3.54. The summed E-state index contributed by atoms with van der Waals surface area (Å²) in [5, 5.41) is 3.80. The Balaban J connectivity index is 1.70. The average molecular weight is 280 g/mol. The SMILES string of the molecule is C=CCCOCCN1CCCNC(C2CCCCC2)C1. The fraction of sp³-hybridized carbons (Fsp3) is 0.882. The first-order valence-corrected chi connectivity index (χ1v) is 8.54. The number of nitrogens with zero attached hydrogens (tertiary/aromatic N) is 1. The molecule has 1 heterocycles. The Hall–Kier alpha value is -0.380. The summed E-state index contributed by atoms with van der Waals surface area (Å²) in [6.45, 7) is 10.1. The normalized spacial score (nSPS) is 26.3. The topological polar surface area (TPSA) is 24.5 Å². The Morgan fingerprint density at radius 3 is 2.80 bits per heavy atom. The molecule has 2 rings (SSSR count). The van der Waals surface area contributed by atoms with Crippen LogP contribution in [0.3, 0.4) is 0 Å². The molecule has 1 aliphatic carbocycles. The van der Waals surface area contributed by atoms with Crippen molar-refractivity contribution in [3.8, 4) is 0 Å². The van der Waals surface area contributed by atoms with Crippen molar-refractivity contribution in [2.75, 3.05) is 39.4 Å². The van der Waals surface area contributed by atoms with Gasteiger partial charge in [-0.25, -0.2) is 0 Å². The van der Waals surface area contributed by atoms with Gasteiger partial charge in [0, 0.05) is 19.1 Å². The molecule has 0 amide bonds. The largest absolute Gasteiger partial charge is 0.380 e. The van der Waals surface area contributed by atoms with Gasteiger partial charge in [-0.1, -0.05) is 25.3 Å². The first kappa shape index (κ1) is 16.0. The van der Waals surface area contributed by atoms with Crippen molar-refractivity contribution in [1.82, 2.24) is 10.2 Å². The number of hydrogen-bond donors (Lipinski definition) is 1. The van der Waals surface area contributed by atoms with Crippen LogP contribution < -0.4 is 5.32 Å². The van der Waals surface area contributed by atoms with E-state index in [0.717, 1.165) is 32.1 Å². The molecule has 2 aliphatic rings. The van der Waals surface area contributed by atoms with E-state index in [2.05, 4.69) is 16.8 Å². The van der Waals surface area contributed by atoms with Crippen LogP contribution in [-0.2, 0) is 4.74 Å². The van der Waals surface area contributed by atoms with E-state index in [1.54, 1.807) is 0 Å². The second-order valence-corrected chi connectivity index (χ2v) is 6.30. The van der Waals surface area contributed by atoms with Crippen LogP contribution in [0.2, 0.25) is 0 Å². The van der Waals surface area contributed by atoms with Crippen LogP contribution in [0.25, 0.3) is 0 Å². The summed E-state index contributed by atoms with van der Waals surface area (Å²) in [6.07, 6.45) is 11.4. The van der Waals surface area contributed by atoms with Crippen molar-refractivity contribution in [3.05, 3.63) is 12.7 Å². The molecule has 0 aromatic heterocycles. The maximum absolute atomic E-state index is 5.67. The lowest BCUT2D eigenvalue weighted by molar-refractivity contribution is 0.102. The molecule has 3 heteroatoms. The molecule has 3 nitrogen and oxygen atoms in total. The minimum atomic E-state index is 0.714. The summed E-state index contributed by atoms with van der Waals surface area (Å²) in [5.41, 5.74) is 0. The average Bonchev–Trinajstić information content (AvgIpc) is 2.74. The highest BCUT2D eigenvalue weighted by Gasteiger charge is 2.26. The molecule has 1 saturated carbocycles. The molecule has 0 spiro atoms. The maximum Gasteiger partial charge on any atom is 0.0593 e. The zero-order valence-electron chi connectivity index (χ0n) is 13.0. The van der Waals surface area contributed by atoms with Gasteiger partial charge in [0.15, 0.2) is 0 Å². The fourth-order valence-corrected chi connectivity index (χ4v) is 3.54. The number of nitrogens with one attached hydrogen (secondary N) is 1. The van der Waals surface area contributed by atoms with Gasteiger partial charge in [-0.2, -0.15) is 0 Å². The van der Waals surface area contributed by atoms with Gasteiger partial charge in [0.25, 0.3) is 0 Å². The molecule has 20 heavy (non-hydrogen) atoms. The van der Waals surface area contributed by atoms with Crippen LogP contribution in [-0.4, -0.2) is 50.3 Å². The Kier molecular flexibility index (Phi) is 7.63. The van der Waals surface area contributed by atoms with Crippen LogP contribution in [0.4, 0.5) is 0 Å². The zero-order valence-corrected chi connectivity index (χ0v) is 13.0. The quantitative estimate of drug-likeness (QED) is 0.573. The van der Waals surface area contributed by atoms with Gasteiger partial charge in [-0.05, 0) is 44.7 Å². The minimum absolute atomic E-state index is 0.714. The first-order valence-electron chi connectivity index (χ1n) is 8.54. The van der Waals surface area contributed by atoms with Gasteiger partial charge in [-0.3, -0.25) is 4.90 Å². The summed E-state index contributed by atoms with van der Waals surface area (Å²) in [5.74, 6) is 0.908. The van der Waals surface area contributed by atoms with Crippen LogP contribution in [0.5, 0.6) is 0 Å². The summed E-state index contributed by atoms with van der Waals surface area (Å²) < 4.78 is 5.67. The molecule has 0 bridgehead atoms. The van der Waals surface area contributed by atoms with E-state index in [1.165, 1.54) is 58.2 Å². The summed E-state index contributed by atoms with van der Waals surface area (Å²) in [4.78, 5) is 2.60. The Morgan fingerprint density at radius 1 is 1.15 bits per heavy atom. The highest BCUT2D eigenvalue weighted by atomic mass is 16.5. The molecule has 1 aliphatic heterocycles. The smallest absolute Gasteiger partial charge is 0.0593 e. The van der Waals surface area contributed by atoms with Crippen LogP contribution >= 0.6 is 0 Å². The molecule has 0 radical (unpaired) electrons. The molecule has 116 valence electrons. The predicted octanol–water partition coefficient (Wildman–Crippen LogP) is 2.82. The third kappa shape index (κ3) is 5.55. The van der Waals surface area contributed by atoms with E-state index in [-0.39, 0.29) is 0 Å². The summed E-state index contributed by atoms with van der Waals surface area (Å²) in [7, 11) is 0. The lowest BCUT2D eigenvalue weighted by atomic mass is 9.83. The third-order valence-electron chi connectivity index (χ3n) is 4.75. The summed E-state index contributed by atoms with van der Waals surface area (Å²) in [6, 6.07) is 0.714. The van der Waals surface area contributed by atoms with Crippen molar-refractivity contribution in [2.45, 2.75) is 51.0 Å². The molecular weight excluding hydrogens is 248 g/mol. The van der Waals surface area contributed by atoms with Gasteiger partial charge in [0.1, 0.15) is 0 Å². The van der Waals surface area contributed by atoms with Gasteiger partial charge in [0.2, 0.25) is 0 Å². The van der Waals surface area contributed by atoms with Crippen molar-refractivity contribution in [2.24, 2.45) is 5.92 Å². The van der Waals surface area contributed by atoms with Crippen molar-refractivity contribution < 1.29 is 4.74 Å². The van der Waals surface area contributed by atoms with Crippen molar-refractivity contribution in [1.29, 1.82) is 0 Å². The standard InChI is InChI=1S/C17H32N2O/c1-2-3-13-20-14-12-19-11-7-10-18-17(15-19)16-8-5-4-6-9-16/h2,16-18H,1,3-15H2. The second-order valence-electron chi connectivity index (χ2n) is 6.30. The van der Waals surface area contributed by atoms with Crippen LogP contribution in [0.15, 0.2) is 12.7 Å². The van der Waals surface area contributed by atoms with E-state index < -0.39 is 0 Å². The molecule has 1 unspecified atom stereocenters. The van der Waals surface area contributed by atoms with E-state index in [4.69, 9.17) is 4.74 Å². The zero-order chi connectivity index (χ0) is 14.0. The highest BCUT2D eigenvalue weighted by molar-refractivity contribution is 4.84. The van der Waals surface area contributed by atoms with E-state index in [9.17, 15) is 0 Å². The minimum Gasteiger partial charge on any atom is -0.380 e. The lowest BCUT2D eigenvalue weighted by Crippen LogP contribution is -2.44. The number of rotatable bonds is 7. The Bertz CT molecular complexity index is 264. The van der Waals surface area contributed by atoms with Gasteiger partial charge >= 0.3 is 0 Å².